The number of hydrogen-bond acceptors (Lipinski definition) is 4. The molecule has 94 valence electrons. The summed E-state index contributed by atoms with van der Waals surface area (Å²) in [4.78, 5) is 11.4. The SMILES string of the molecule is CCOC(=O)c1ccc(OC(F)F)c(OC)c1. The van der Waals surface area contributed by atoms with Gasteiger partial charge in [-0.2, -0.15) is 8.78 Å². The van der Waals surface area contributed by atoms with Gasteiger partial charge in [-0.05, 0) is 25.1 Å². The number of benzene rings is 1. The molecular formula is C11H12F2O4. The van der Waals surface area contributed by atoms with Crippen molar-refractivity contribution in [3.63, 3.8) is 0 Å². The fourth-order valence-corrected chi connectivity index (χ4v) is 1.20. The number of halogens is 2. The van der Waals surface area contributed by atoms with Gasteiger partial charge in [-0.3, -0.25) is 0 Å². The highest BCUT2D eigenvalue weighted by molar-refractivity contribution is 5.90. The summed E-state index contributed by atoms with van der Waals surface area (Å²) < 4.78 is 37.9. The van der Waals surface area contributed by atoms with E-state index in [1.165, 1.54) is 25.3 Å². The molecule has 1 aromatic rings. The number of ether oxygens (including phenoxy) is 3. The van der Waals surface area contributed by atoms with Crippen LogP contribution >= 0.6 is 0 Å². The lowest BCUT2D eigenvalue weighted by atomic mass is 10.2. The highest BCUT2D eigenvalue weighted by Gasteiger charge is 2.14. The van der Waals surface area contributed by atoms with Crippen LogP contribution in [0.4, 0.5) is 8.78 Å². The Kier molecular flexibility index (Phi) is 4.68. The molecule has 0 saturated carbocycles. The molecule has 1 rings (SSSR count). The highest BCUT2D eigenvalue weighted by atomic mass is 19.3. The van der Waals surface area contributed by atoms with Crippen LogP contribution in [0, 0.1) is 0 Å². The van der Waals surface area contributed by atoms with Gasteiger partial charge in [0.25, 0.3) is 0 Å². The maximum atomic E-state index is 12.0. The average molecular weight is 246 g/mol. The number of rotatable bonds is 5. The largest absolute Gasteiger partial charge is 0.493 e. The lowest BCUT2D eigenvalue weighted by Crippen LogP contribution is -2.07. The van der Waals surface area contributed by atoms with Crippen molar-refractivity contribution in [2.45, 2.75) is 13.5 Å². The third-order valence-electron chi connectivity index (χ3n) is 1.89. The van der Waals surface area contributed by atoms with Crippen molar-refractivity contribution in [3.8, 4) is 11.5 Å². The Labute approximate surface area is 97.1 Å². The van der Waals surface area contributed by atoms with Crippen molar-refractivity contribution < 1.29 is 27.8 Å². The first kappa shape index (κ1) is 13.2. The summed E-state index contributed by atoms with van der Waals surface area (Å²) >= 11 is 0. The minimum absolute atomic E-state index is 0.0517. The first-order valence-electron chi connectivity index (χ1n) is 4.88. The van der Waals surface area contributed by atoms with Crippen LogP contribution < -0.4 is 9.47 Å². The van der Waals surface area contributed by atoms with E-state index in [2.05, 4.69) is 4.74 Å². The van der Waals surface area contributed by atoms with E-state index in [-0.39, 0.29) is 23.7 Å². The molecule has 0 unspecified atom stereocenters. The second-order valence-electron chi connectivity index (χ2n) is 2.96. The van der Waals surface area contributed by atoms with E-state index in [4.69, 9.17) is 9.47 Å². The van der Waals surface area contributed by atoms with Crippen LogP contribution in [0.25, 0.3) is 0 Å². The Bertz CT molecular complexity index is 393. The van der Waals surface area contributed by atoms with Gasteiger partial charge < -0.3 is 14.2 Å². The van der Waals surface area contributed by atoms with Gasteiger partial charge in [0, 0.05) is 0 Å². The second-order valence-corrected chi connectivity index (χ2v) is 2.96. The van der Waals surface area contributed by atoms with E-state index < -0.39 is 12.6 Å². The monoisotopic (exact) mass is 246 g/mol. The predicted molar refractivity (Wildman–Crippen MR) is 55.6 cm³/mol. The second kappa shape index (κ2) is 6.03. The lowest BCUT2D eigenvalue weighted by molar-refractivity contribution is -0.0512. The van der Waals surface area contributed by atoms with Gasteiger partial charge in [-0.15, -0.1) is 0 Å². The molecule has 17 heavy (non-hydrogen) atoms. The van der Waals surface area contributed by atoms with Crippen LogP contribution in [0.5, 0.6) is 11.5 Å². The molecule has 0 fully saturated rings. The van der Waals surface area contributed by atoms with Crippen LogP contribution in [-0.2, 0) is 4.74 Å². The van der Waals surface area contributed by atoms with Crippen LogP contribution in [0.3, 0.4) is 0 Å². The Balaban J connectivity index is 2.95. The maximum absolute atomic E-state index is 12.0. The molecule has 0 saturated heterocycles. The molecule has 0 N–H and O–H groups in total. The zero-order chi connectivity index (χ0) is 12.8. The molecule has 0 radical (unpaired) electrons. The Hall–Kier alpha value is -1.85. The molecule has 0 aliphatic carbocycles. The number of hydrogen-bond donors (Lipinski definition) is 0. The molecule has 1 aromatic carbocycles. The standard InChI is InChI=1S/C11H12F2O4/c1-3-16-10(14)7-4-5-8(17-11(12)13)9(6-7)15-2/h4-6,11H,3H2,1-2H3. The summed E-state index contributed by atoms with van der Waals surface area (Å²) in [5.41, 5.74) is 0.213. The third-order valence-corrected chi connectivity index (χ3v) is 1.89. The number of alkyl halides is 2. The Morgan fingerprint density at radius 3 is 2.59 bits per heavy atom. The van der Waals surface area contributed by atoms with Gasteiger partial charge in [0.15, 0.2) is 11.5 Å². The van der Waals surface area contributed by atoms with Crippen molar-refractivity contribution in [2.24, 2.45) is 0 Å². The van der Waals surface area contributed by atoms with E-state index >= 15 is 0 Å². The fourth-order valence-electron chi connectivity index (χ4n) is 1.20. The molecule has 4 nitrogen and oxygen atoms in total. The molecule has 0 aromatic heterocycles. The van der Waals surface area contributed by atoms with E-state index in [9.17, 15) is 13.6 Å². The van der Waals surface area contributed by atoms with Gasteiger partial charge in [-0.25, -0.2) is 4.79 Å². The number of methoxy groups -OCH3 is 1. The van der Waals surface area contributed by atoms with E-state index in [0.29, 0.717) is 0 Å². The van der Waals surface area contributed by atoms with Gasteiger partial charge in [0.05, 0.1) is 19.3 Å². The minimum atomic E-state index is -2.95. The van der Waals surface area contributed by atoms with E-state index in [0.717, 1.165) is 0 Å². The van der Waals surface area contributed by atoms with Gasteiger partial charge in [0.2, 0.25) is 0 Å². The van der Waals surface area contributed by atoms with Crippen molar-refractivity contribution >= 4 is 5.97 Å². The summed E-state index contributed by atoms with van der Waals surface area (Å²) in [6.45, 7) is -1.04. The quantitative estimate of drug-likeness (QED) is 0.749. The van der Waals surface area contributed by atoms with E-state index in [1.54, 1.807) is 6.92 Å². The lowest BCUT2D eigenvalue weighted by Gasteiger charge is -2.10. The summed E-state index contributed by atoms with van der Waals surface area (Å²) in [5, 5.41) is 0. The van der Waals surface area contributed by atoms with Crippen LogP contribution in [0.2, 0.25) is 0 Å². The molecule has 0 aliphatic heterocycles. The molecule has 0 amide bonds. The van der Waals surface area contributed by atoms with Gasteiger partial charge in [0.1, 0.15) is 0 Å². The smallest absolute Gasteiger partial charge is 0.387 e. The average Bonchev–Trinajstić information content (AvgIpc) is 2.29. The fraction of sp³-hybridized carbons (Fsp3) is 0.364. The zero-order valence-corrected chi connectivity index (χ0v) is 9.41. The summed E-state index contributed by atoms with van der Waals surface area (Å²) in [6.07, 6.45) is 0. The third kappa shape index (κ3) is 3.58. The predicted octanol–water partition coefficient (Wildman–Crippen LogP) is 2.47. The minimum Gasteiger partial charge on any atom is -0.493 e. The topological polar surface area (TPSA) is 44.8 Å². The zero-order valence-electron chi connectivity index (χ0n) is 9.41. The van der Waals surface area contributed by atoms with Crippen LogP contribution in [0.1, 0.15) is 17.3 Å². The van der Waals surface area contributed by atoms with Crippen LogP contribution in [0.15, 0.2) is 18.2 Å². The summed E-state index contributed by atoms with van der Waals surface area (Å²) in [5.74, 6) is -0.624. The first-order valence-corrected chi connectivity index (χ1v) is 4.88. The van der Waals surface area contributed by atoms with Crippen molar-refractivity contribution in [1.29, 1.82) is 0 Å². The molecular weight excluding hydrogens is 234 g/mol. The Morgan fingerprint density at radius 2 is 2.06 bits per heavy atom. The van der Waals surface area contributed by atoms with Crippen LogP contribution in [-0.4, -0.2) is 26.3 Å². The molecule has 0 spiro atoms. The van der Waals surface area contributed by atoms with Gasteiger partial charge in [-0.1, -0.05) is 0 Å². The van der Waals surface area contributed by atoms with Crippen molar-refractivity contribution in [3.05, 3.63) is 23.8 Å². The molecule has 0 atom stereocenters. The maximum Gasteiger partial charge on any atom is 0.387 e. The molecule has 0 heterocycles. The molecule has 6 heteroatoms. The normalized spacial score (nSPS) is 10.2. The van der Waals surface area contributed by atoms with Gasteiger partial charge >= 0.3 is 12.6 Å². The molecule has 0 aliphatic rings. The van der Waals surface area contributed by atoms with E-state index in [1.807, 2.05) is 0 Å². The molecule has 0 bridgehead atoms. The number of carbonyl (C=O) groups excluding carboxylic acids is 1. The number of esters is 1. The first-order chi connectivity index (χ1) is 8.08. The Morgan fingerprint density at radius 1 is 1.35 bits per heavy atom. The summed E-state index contributed by atoms with van der Waals surface area (Å²) in [7, 11) is 1.29. The number of carbonyl (C=O) groups is 1. The summed E-state index contributed by atoms with van der Waals surface area (Å²) in [6, 6.07) is 3.85. The van der Waals surface area contributed by atoms with Crippen molar-refractivity contribution in [2.75, 3.05) is 13.7 Å². The van der Waals surface area contributed by atoms with Crippen molar-refractivity contribution in [1.82, 2.24) is 0 Å². The highest BCUT2D eigenvalue weighted by Crippen LogP contribution is 2.29.